The summed E-state index contributed by atoms with van der Waals surface area (Å²) >= 11 is 1.66. The molecule has 0 radical (unpaired) electrons. The number of nitrogens with zero attached hydrogens (tertiary/aromatic N) is 1. The summed E-state index contributed by atoms with van der Waals surface area (Å²) in [6, 6.07) is 13.2. The van der Waals surface area contributed by atoms with E-state index >= 15 is 0 Å². The van der Waals surface area contributed by atoms with Crippen LogP contribution in [0.4, 0.5) is 0 Å². The number of methoxy groups -OCH3 is 1. The number of hydrogen-bond donors (Lipinski definition) is 1. The first kappa shape index (κ1) is 24.2. The van der Waals surface area contributed by atoms with Crippen molar-refractivity contribution in [2.45, 2.75) is 42.6 Å². The van der Waals surface area contributed by atoms with E-state index in [1.165, 1.54) is 19.2 Å². The molecule has 0 saturated carbocycles. The van der Waals surface area contributed by atoms with Gasteiger partial charge in [-0.3, -0.25) is 4.79 Å². The van der Waals surface area contributed by atoms with Crippen LogP contribution in [0.15, 0.2) is 58.3 Å². The van der Waals surface area contributed by atoms with E-state index in [0.29, 0.717) is 18.7 Å². The zero-order valence-electron chi connectivity index (χ0n) is 18.1. The van der Waals surface area contributed by atoms with E-state index in [1.54, 1.807) is 35.8 Å². The third kappa shape index (κ3) is 6.75. The maximum absolute atomic E-state index is 13.1. The molecule has 0 fully saturated rings. The number of amides is 1. The van der Waals surface area contributed by atoms with Crippen molar-refractivity contribution in [3.63, 3.8) is 0 Å². The first-order chi connectivity index (χ1) is 14.2. The molecule has 164 valence electrons. The molecule has 0 aliphatic rings. The van der Waals surface area contributed by atoms with Crippen LogP contribution in [0.5, 0.6) is 5.75 Å². The van der Waals surface area contributed by atoms with Gasteiger partial charge in [-0.15, -0.1) is 11.8 Å². The lowest BCUT2D eigenvalue weighted by molar-refractivity contribution is -0.132. The SMILES string of the molecule is COc1ccc(S(=O)(=O)NC(CC(C)C)C(=O)N(C)Cc2ccc(SC)cc2)cc1. The molecular formula is C22H30N2O4S2. The van der Waals surface area contributed by atoms with Crippen LogP contribution in [0.1, 0.15) is 25.8 Å². The van der Waals surface area contributed by atoms with Gasteiger partial charge in [-0.05, 0) is 60.6 Å². The van der Waals surface area contributed by atoms with Gasteiger partial charge in [0.2, 0.25) is 15.9 Å². The lowest BCUT2D eigenvalue weighted by Crippen LogP contribution is -2.47. The minimum Gasteiger partial charge on any atom is -0.497 e. The highest BCUT2D eigenvalue weighted by atomic mass is 32.2. The van der Waals surface area contributed by atoms with Crippen molar-refractivity contribution in [2.75, 3.05) is 20.4 Å². The molecule has 2 rings (SSSR count). The minimum atomic E-state index is -3.85. The number of benzene rings is 2. The van der Waals surface area contributed by atoms with Crippen molar-refractivity contribution in [1.29, 1.82) is 0 Å². The van der Waals surface area contributed by atoms with Crippen LogP contribution in [0, 0.1) is 5.92 Å². The predicted octanol–water partition coefficient (Wildman–Crippen LogP) is 3.77. The van der Waals surface area contributed by atoms with Crippen LogP contribution in [-0.2, 0) is 21.4 Å². The van der Waals surface area contributed by atoms with Crippen molar-refractivity contribution in [3.8, 4) is 5.75 Å². The van der Waals surface area contributed by atoms with Crippen molar-refractivity contribution in [1.82, 2.24) is 9.62 Å². The molecule has 0 heterocycles. The molecular weight excluding hydrogens is 420 g/mol. The third-order valence-corrected chi connectivity index (χ3v) is 6.86. The lowest BCUT2D eigenvalue weighted by atomic mass is 10.0. The minimum absolute atomic E-state index is 0.0974. The van der Waals surface area contributed by atoms with Gasteiger partial charge < -0.3 is 9.64 Å². The molecule has 0 spiro atoms. The highest BCUT2D eigenvalue weighted by molar-refractivity contribution is 7.98. The summed E-state index contributed by atoms with van der Waals surface area (Å²) in [6.45, 7) is 4.33. The average molecular weight is 451 g/mol. The number of likely N-dealkylation sites (N-methyl/N-ethyl adjacent to an activating group) is 1. The van der Waals surface area contributed by atoms with Crippen LogP contribution in [-0.4, -0.2) is 45.7 Å². The van der Waals surface area contributed by atoms with Gasteiger partial charge in [0.05, 0.1) is 12.0 Å². The molecule has 0 aliphatic heterocycles. The summed E-state index contributed by atoms with van der Waals surface area (Å²) in [7, 11) is -0.635. The van der Waals surface area contributed by atoms with Gasteiger partial charge in [-0.1, -0.05) is 26.0 Å². The summed E-state index contributed by atoms with van der Waals surface area (Å²) in [6.07, 6.45) is 2.42. The molecule has 30 heavy (non-hydrogen) atoms. The molecule has 1 unspecified atom stereocenters. The second-order valence-corrected chi connectivity index (χ2v) is 10.1. The number of rotatable bonds is 10. The molecule has 1 amide bonds. The number of ether oxygens (including phenoxy) is 1. The van der Waals surface area contributed by atoms with Gasteiger partial charge >= 0.3 is 0 Å². The molecule has 1 N–H and O–H groups in total. The largest absolute Gasteiger partial charge is 0.497 e. The summed E-state index contributed by atoms with van der Waals surface area (Å²) in [4.78, 5) is 15.9. The monoisotopic (exact) mass is 450 g/mol. The van der Waals surface area contributed by atoms with Crippen molar-refractivity contribution in [2.24, 2.45) is 5.92 Å². The first-order valence-electron chi connectivity index (χ1n) is 9.70. The molecule has 0 aromatic heterocycles. The number of nitrogens with one attached hydrogen (secondary N) is 1. The normalized spacial score (nSPS) is 12.6. The maximum atomic E-state index is 13.1. The van der Waals surface area contributed by atoms with E-state index < -0.39 is 16.1 Å². The van der Waals surface area contributed by atoms with Crippen LogP contribution in [0.25, 0.3) is 0 Å². The van der Waals surface area contributed by atoms with Crippen molar-refractivity contribution >= 4 is 27.7 Å². The molecule has 2 aromatic rings. The zero-order chi connectivity index (χ0) is 22.3. The van der Waals surface area contributed by atoms with E-state index in [1.807, 2.05) is 44.4 Å². The molecule has 8 heteroatoms. The summed E-state index contributed by atoms with van der Waals surface area (Å²) in [5.41, 5.74) is 0.991. The van der Waals surface area contributed by atoms with E-state index in [0.717, 1.165) is 10.5 Å². The van der Waals surface area contributed by atoms with Gasteiger partial charge in [0.25, 0.3) is 0 Å². The van der Waals surface area contributed by atoms with Crippen LogP contribution in [0.3, 0.4) is 0 Å². The first-order valence-corrected chi connectivity index (χ1v) is 12.4. The van der Waals surface area contributed by atoms with E-state index in [2.05, 4.69) is 4.72 Å². The molecule has 6 nitrogen and oxygen atoms in total. The molecule has 0 aliphatic carbocycles. The van der Waals surface area contributed by atoms with Gasteiger partial charge in [0, 0.05) is 18.5 Å². The van der Waals surface area contributed by atoms with Gasteiger partial charge in [-0.2, -0.15) is 4.72 Å². The van der Waals surface area contributed by atoms with Gasteiger partial charge in [0.15, 0.2) is 0 Å². The second-order valence-electron chi connectivity index (χ2n) is 7.52. The third-order valence-electron chi connectivity index (χ3n) is 4.63. The Bertz CT molecular complexity index is 927. The average Bonchev–Trinajstić information content (AvgIpc) is 2.72. The summed E-state index contributed by atoms with van der Waals surface area (Å²) in [5, 5.41) is 0. The Labute approximate surface area is 184 Å². The molecule has 0 saturated heterocycles. The number of carbonyl (C=O) groups is 1. The van der Waals surface area contributed by atoms with Crippen LogP contribution < -0.4 is 9.46 Å². The highest BCUT2D eigenvalue weighted by Gasteiger charge is 2.28. The van der Waals surface area contributed by atoms with E-state index in [-0.39, 0.29) is 16.7 Å². The van der Waals surface area contributed by atoms with Crippen molar-refractivity contribution in [3.05, 3.63) is 54.1 Å². The summed E-state index contributed by atoms with van der Waals surface area (Å²) < 4.78 is 33.4. The lowest BCUT2D eigenvalue weighted by Gasteiger charge is -2.26. The topological polar surface area (TPSA) is 75.7 Å². The Kier molecular flexibility index (Phi) is 8.76. The van der Waals surface area contributed by atoms with Crippen LogP contribution >= 0.6 is 11.8 Å². The van der Waals surface area contributed by atoms with Crippen LogP contribution in [0.2, 0.25) is 0 Å². The Morgan fingerprint density at radius 1 is 1.10 bits per heavy atom. The number of hydrogen-bond acceptors (Lipinski definition) is 5. The number of carbonyl (C=O) groups excluding carboxylic acids is 1. The fourth-order valence-corrected chi connectivity index (χ4v) is 4.64. The Morgan fingerprint density at radius 2 is 1.70 bits per heavy atom. The predicted molar refractivity (Wildman–Crippen MR) is 121 cm³/mol. The summed E-state index contributed by atoms with van der Waals surface area (Å²) in [5.74, 6) is 0.456. The van der Waals surface area contributed by atoms with Gasteiger partial charge in [0.1, 0.15) is 11.8 Å². The van der Waals surface area contributed by atoms with Crippen molar-refractivity contribution < 1.29 is 17.9 Å². The standard InChI is InChI=1S/C22H30N2O4S2/c1-16(2)14-21(23-30(26,27)20-12-8-18(28-4)9-13-20)22(25)24(3)15-17-6-10-19(29-5)11-7-17/h6-13,16,21,23H,14-15H2,1-5H3. The van der Waals surface area contributed by atoms with Gasteiger partial charge in [-0.25, -0.2) is 8.42 Å². The Hall–Kier alpha value is -2.03. The highest BCUT2D eigenvalue weighted by Crippen LogP contribution is 2.19. The zero-order valence-corrected chi connectivity index (χ0v) is 19.7. The molecule has 1 atom stereocenters. The fourth-order valence-electron chi connectivity index (χ4n) is 3.03. The number of sulfonamides is 1. The Balaban J connectivity index is 2.16. The quantitative estimate of drug-likeness (QED) is 0.558. The Morgan fingerprint density at radius 3 is 2.20 bits per heavy atom. The smallest absolute Gasteiger partial charge is 0.241 e. The second kappa shape index (κ2) is 10.8. The molecule has 0 bridgehead atoms. The van der Waals surface area contributed by atoms with E-state index in [9.17, 15) is 13.2 Å². The fraction of sp³-hybridized carbons (Fsp3) is 0.409. The number of thioether (sulfide) groups is 1. The van der Waals surface area contributed by atoms with E-state index in [4.69, 9.17) is 4.74 Å². The maximum Gasteiger partial charge on any atom is 0.241 e. The molecule has 2 aromatic carbocycles.